The minimum absolute atomic E-state index is 0.122. The van der Waals surface area contributed by atoms with Gasteiger partial charge >= 0.3 is 0 Å². The molecule has 1 aromatic rings. The second-order valence-corrected chi connectivity index (χ2v) is 7.15. The number of sulfonamides is 1. The van der Waals surface area contributed by atoms with Crippen molar-refractivity contribution in [2.45, 2.75) is 24.7 Å². The first-order valence-corrected chi connectivity index (χ1v) is 10.2. The van der Waals surface area contributed by atoms with Crippen LogP contribution in [0.25, 0.3) is 0 Å². The van der Waals surface area contributed by atoms with Crippen LogP contribution in [0, 0.1) is 0 Å². The smallest absolute Gasteiger partial charge is 0.238 e. The number of hydrogen-bond donors (Lipinski definition) is 3. The lowest BCUT2D eigenvalue weighted by Gasteiger charge is -2.11. The molecule has 0 saturated carbocycles. The molecule has 0 saturated heterocycles. The van der Waals surface area contributed by atoms with Gasteiger partial charge in [-0.3, -0.25) is 4.99 Å². The number of benzene rings is 1. The van der Waals surface area contributed by atoms with E-state index in [0.29, 0.717) is 32.9 Å². The monoisotopic (exact) mass is 386 g/mol. The molecule has 0 heterocycles. The van der Waals surface area contributed by atoms with Gasteiger partial charge in [-0.15, -0.1) is 0 Å². The van der Waals surface area contributed by atoms with Crippen LogP contribution in [0.3, 0.4) is 0 Å². The van der Waals surface area contributed by atoms with Gasteiger partial charge < -0.3 is 20.1 Å². The number of ether oxygens (including phenoxy) is 2. The molecule has 0 spiro atoms. The fraction of sp³-hybridized carbons (Fsp3) is 0.588. The summed E-state index contributed by atoms with van der Waals surface area (Å²) in [7, 11) is -1.99. The van der Waals surface area contributed by atoms with Gasteiger partial charge in [-0.25, -0.2) is 13.6 Å². The number of nitrogens with one attached hydrogen (secondary N) is 2. The van der Waals surface area contributed by atoms with E-state index in [2.05, 4.69) is 15.6 Å². The van der Waals surface area contributed by atoms with Crippen LogP contribution in [0.5, 0.6) is 0 Å². The van der Waals surface area contributed by atoms with Crippen molar-refractivity contribution in [3.05, 3.63) is 29.8 Å². The summed E-state index contributed by atoms with van der Waals surface area (Å²) in [6, 6.07) is 6.58. The number of methoxy groups -OCH3 is 1. The summed E-state index contributed by atoms with van der Waals surface area (Å²) in [5.41, 5.74) is 1.02. The predicted octanol–water partition coefficient (Wildman–Crippen LogP) is 0.485. The van der Waals surface area contributed by atoms with Crippen LogP contribution in [-0.2, 0) is 25.9 Å². The maximum absolute atomic E-state index is 11.2. The van der Waals surface area contributed by atoms with Crippen molar-refractivity contribution in [2.75, 3.05) is 46.6 Å². The van der Waals surface area contributed by atoms with Gasteiger partial charge in [0.15, 0.2) is 5.96 Å². The average Bonchev–Trinajstić information content (AvgIpc) is 2.60. The molecule has 0 fully saturated rings. The molecule has 0 aliphatic carbocycles. The Kier molecular flexibility index (Phi) is 10.9. The van der Waals surface area contributed by atoms with Crippen LogP contribution in [0.4, 0.5) is 0 Å². The molecule has 26 heavy (non-hydrogen) atoms. The highest BCUT2D eigenvalue weighted by Gasteiger charge is 2.06. The van der Waals surface area contributed by atoms with Gasteiger partial charge in [0, 0.05) is 33.4 Å². The minimum atomic E-state index is -3.64. The van der Waals surface area contributed by atoms with E-state index in [0.717, 1.165) is 30.9 Å². The SMILES string of the molecule is CCNC(=NCCCOCCOC)NCCc1ccc(S(N)(=O)=O)cc1. The Morgan fingerprint density at radius 2 is 1.88 bits per heavy atom. The number of nitrogens with two attached hydrogens (primary N) is 1. The third-order valence-electron chi connectivity index (χ3n) is 3.45. The van der Waals surface area contributed by atoms with Crippen LogP contribution < -0.4 is 15.8 Å². The molecule has 1 aromatic carbocycles. The Labute approximate surface area is 156 Å². The number of hydrogen-bond acceptors (Lipinski definition) is 5. The van der Waals surface area contributed by atoms with Crippen molar-refractivity contribution >= 4 is 16.0 Å². The van der Waals surface area contributed by atoms with E-state index in [1.807, 2.05) is 6.92 Å². The molecule has 0 amide bonds. The standard InChI is InChI=1S/C17H30N4O4S/c1-3-19-17(20-10-4-12-25-14-13-24-2)21-11-9-15-5-7-16(8-6-15)26(18,22)23/h5-8H,3-4,9-14H2,1-2H3,(H2,18,22,23)(H2,19,20,21). The highest BCUT2D eigenvalue weighted by Crippen LogP contribution is 2.08. The molecule has 1 rings (SSSR count). The summed E-state index contributed by atoms with van der Waals surface area (Å²) in [6.07, 6.45) is 1.59. The third-order valence-corrected chi connectivity index (χ3v) is 4.38. The van der Waals surface area contributed by atoms with E-state index in [4.69, 9.17) is 14.6 Å². The quantitative estimate of drug-likeness (QED) is 0.273. The predicted molar refractivity (Wildman–Crippen MR) is 103 cm³/mol. The van der Waals surface area contributed by atoms with Gasteiger partial charge in [-0.1, -0.05) is 12.1 Å². The molecule has 148 valence electrons. The van der Waals surface area contributed by atoms with Crippen molar-refractivity contribution in [3.8, 4) is 0 Å². The van der Waals surface area contributed by atoms with Crippen molar-refractivity contribution in [1.29, 1.82) is 0 Å². The highest BCUT2D eigenvalue weighted by molar-refractivity contribution is 7.89. The summed E-state index contributed by atoms with van der Waals surface area (Å²) < 4.78 is 32.8. The highest BCUT2D eigenvalue weighted by atomic mass is 32.2. The molecule has 9 heteroatoms. The van der Waals surface area contributed by atoms with E-state index in [9.17, 15) is 8.42 Å². The van der Waals surface area contributed by atoms with Crippen LogP contribution in [-0.4, -0.2) is 60.9 Å². The lowest BCUT2D eigenvalue weighted by Crippen LogP contribution is -2.38. The van der Waals surface area contributed by atoms with Crippen LogP contribution in [0.1, 0.15) is 18.9 Å². The lowest BCUT2D eigenvalue weighted by molar-refractivity contribution is 0.0702. The molecule has 4 N–H and O–H groups in total. The second kappa shape index (κ2) is 12.6. The van der Waals surface area contributed by atoms with E-state index < -0.39 is 10.0 Å². The zero-order chi connectivity index (χ0) is 19.3. The van der Waals surface area contributed by atoms with Gasteiger partial charge in [0.25, 0.3) is 0 Å². The van der Waals surface area contributed by atoms with Gasteiger partial charge in [-0.2, -0.15) is 0 Å². The normalized spacial score (nSPS) is 12.2. The fourth-order valence-electron chi connectivity index (χ4n) is 2.11. The van der Waals surface area contributed by atoms with Crippen molar-refractivity contribution in [2.24, 2.45) is 10.1 Å². The number of nitrogens with zero attached hydrogens (tertiary/aromatic N) is 1. The molecule has 0 aromatic heterocycles. The van der Waals surface area contributed by atoms with Crippen molar-refractivity contribution in [1.82, 2.24) is 10.6 Å². The Balaban J connectivity index is 2.35. The van der Waals surface area contributed by atoms with E-state index in [-0.39, 0.29) is 4.90 Å². The summed E-state index contributed by atoms with van der Waals surface area (Å²) in [5.74, 6) is 0.755. The number of guanidine groups is 1. The largest absolute Gasteiger partial charge is 0.382 e. The molecule has 0 radical (unpaired) electrons. The Morgan fingerprint density at radius 1 is 1.15 bits per heavy atom. The summed E-state index contributed by atoms with van der Waals surface area (Å²) >= 11 is 0. The summed E-state index contributed by atoms with van der Waals surface area (Å²) in [6.45, 7) is 6.00. The maximum atomic E-state index is 11.2. The fourth-order valence-corrected chi connectivity index (χ4v) is 2.63. The lowest BCUT2D eigenvalue weighted by atomic mass is 10.1. The minimum Gasteiger partial charge on any atom is -0.382 e. The van der Waals surface area contributed by atoms with Crippen molar-refractivity contribution in [3.63, 3.8) is 0 Å². The van der Waals surface area contributed by atoms with Crippen LogP contribution in [0.2, 0.25) is 0 Å². The Hall–Kier alpha value is -1.68. The summed E-state index contributed by atoms with van der Waals surface area (Å²) in [5, 5.41) is 11.5. The first kappa shape index (κ1) is 22.4. The van der Waals surface area contributed by atoms with E-state index in [1.54, 1.807) is 19.2 Å². The first-order chi connectivity index (χ1) is 12.5. The topological polar surface area (TPSA) is 115 Å². The maximum Gasteiger partial charge on any atom is 0.238 e. The molecule has 0 aliphatic heterocycles. The van der Waals surface area contributed by atoms with Gasteiger partial charge in [0.1, 0.15) is 0 Å². The number of primary sulfonamides is 1. The molecular formula is C17H30N4O4S. The second-order valence-electron chi connectivity index (χ2n) is 5.59. The number of aliphatic imine (C=N–C) groups is 1. The van der Waals surface area contributed by atoms with Crippen LogP contribution >= 0.6 is 0 Å². The third kappa shape index (κ3) is 9.71. The van der Waals surface area contributed by atoms with Crippen LogP contribution in [0.15, 0.2) is 34.2 Å². The average molecular weight is 387 g/mol. The van der Waals surface area contributed by atoms with E-state index in [1.165, 1.54) is 12.1 Å². The van der Waals surface area contributed by atoms with Gasteiger partial charge in [0.05, 0.1) is 18.1 Å². The molecule has 8 nitrogen and oxygen atoms in total. The molecule has 0 unspecified atom stereocenters. The molecule has 0 atom stereocenters. The molecule has 0 aliphatic rings. The zero-order valence-electron chi connectivity index (χ0n) is 15.5. The Bertz CT molecular complexity index is 633. The number of rotatable bonds is 12. The van der Waals surface area contributed by atoms with Gasteiger partial charge in [-0.05, 0) is 37.5 Å². The summed E-state index contributed by atoms with van der Waals surface area (Å²) in [4.78, 5) is 4.62. The first-order valence-electron chi connectivity index (χ1n) is 8.68. The van der Waals surface area contributed by atoms with Crippen molar-refractivity contribution < 1.29 is 17.9 Å². The Morgan fingerprint density at radius 3 is 2.50 bits per heavy atom. The zero-order valence-corrected chi connectivity index (χ0v) is 16.3. The molecular weight excluding hydrogens is 356 g/mol. The van der Waals surface area contributed by atoms with Gasteiger partial charge in [0.2, 0.25) is 10.0 Å². The molecule has 0 bridgehead atoms. The van der Waals surface area contributed by atoms with E-state index >= 15 is 0 Å².